The van der Waals surface area contributed by atoms with Crippen LogP contribution in [-0.4, -0.2) is 22.6 Å². The zero-order chi connectivity index (χ0) is 17.8. The molecule has 126 valence electrons. The zero-order valence-electron chi connectivity index (χ0n) is 13.3. The summed E-state index contributed by atoms with van der Waals surface area (Å²) >= 11 is 1.35. The maximum atomic E-state index is 12.2. The molecule has 0 aliphatic heterocycles. The van der Waals surface area contributed by atoms with Crippen LogP contribution in [0.4, 0.5) is 11.4 Å². The third-order valence-corrected chi connectivity index (χ3v) is 4.33. The molecule has 0 saturated heterocycles. The van der Waals surface area contributed by atoms with Crippen LogP contribution in [0.25, 0.3) is 0 Å². The van der Waals surface area contributed by atoms with Gasteiger partial charge in [0.2, 0.25) is 0 Å². The summed E-state index contributed by atoms with van der Waals surface area (Å²) in [7, 11) is 0. The summed E-state index contributed by atoms with van der Waals surface area (Å²) in [5.41, 5.74) is 1.85. The van der Waals surface area contributed by atoms with Crippen molar-refractivity contribution in [3.63, 3.8) is 0 Å². The lowest BCUT2D eigenvalue weighted by Gasteiger charge is -2.08. The van der Waals surface area contributed by atoms with Crippen LogP contribution in [0.3, 0.4) is 0 Å². The summed E-state index contributed by atoms with van der Waals surface area (Å²) in [5.74, 6) is -0.684. The Morgan fingerprint density at radius 2 is 1.68 bits per heavy atom. The van der Waals surface area contributed by atoms with Crippen LogP contribution in [-0.2, 0) is 0 Å². The van der Waals surface area contributed by atoms with Crippen molar-refractivity contribution in [3.8, 4) is 0 Å². The van der Waals surface area contributed by atoms with E-state index < -0.39 is 0 Å². The number of ketones is 1. The van der Waals surface area contributed by atoms with Crippen molar-refractivity contribution in [1.82, 2.24) is 4.98 Å². The number of benzene rings is 1. The summed E-state index contributed by atoms with van der Waals surface area (Å²) < 4.78 is 0. The topological polar surface area (TPSA) is 91.1 Å². The molecular formula is C18H15N3O3S. The van der Waals surface area contributed by atoms with Crippen molar-refractivity contribution >= 4 is 40.3 Å². The van der Waals surface area contributed by atoms with Crippen LogP contribution < -0.4 is 10.6 Å². The van der Waals surface area contributed by atoms with Gasteiger partial charge in [-0.25, -0.2) is 0 Å². The highest BCUT2D eigenvalue weighted by molar-refractivity contribution is 7.12. The number of nitrogens with one attached hydrogen (secondary N) is 3. The molecule has 3 rings (SSSR count). The Balaban J connectivity index is 1.69. The quantitative estimate of drug-likeness (QED) is 0.610. The molecular weight excluding hydrogens is 338 g/mol. The summed E-state index contributed by atoms with van der Waals surface area (Å²) in [4.78, 5) is 39.0. The number of H-pyrrole nitrogens is 1. The minimum atomic E-state index is -0.366. The minimum Gasteiger partial charge on any atom is -0.356 e. The number of hydrogen-bond donors (Lipinski definition) is 3. The number of thiophene rings is 1. The third-order valence-electron chi connectivity index (χ3n) is 3.46. The SMILES string of the molecule is CC(=O)c1c[nH]c(C(=O)Nc2cccc(NC(=O)c3cccs3)c2)c1. The van der Waals surface area contributed by atoms with Crippen molar-refractivity contribution < 1.29 is 14.4 Å². The van der Waals surface area contributed by atoms with Gasteiger partial charge in [-0.1, -0.05) is 12.1 Å². The van der Waals surface area contributed by atoms with Crippen LogP contribution in [0.2, 0.25) is 0 Å². The third kappa shape index (κ3) is 4.02. The second kappa shape index (κ2) is 7.14. The second-order valence-corrected chi connectivity index (χ2v) is 6.27. The fraction of sp³-hybridized carbons (Fsp3) is 0.0556. The molecule has 2 aromatic heterocycles. The molecule has 0 aliphatic carbocycles. The first kappa shape index (κ1) is 16.7. The highest BCUT2D eigenvalue weighted by Gasteiger charge is 2.12. The van der Waals surface area contributed by atoms with Crippen LogP contribution in [0.1, 0.15) is 37.4 Å². The Kier molecular flexibility index (Phi) is 4.76. The van der Waals surface area contributed by atoms with Crippen molar-refractivity contribution in [1.29, 1.82) is 0 Å². The molecule has 0 radical (unpaired) electrons. The molecule has 0 saturated carbocycles. The Morgan fingerprint density at radius 3 is 2.28 bits per heavy atom. The van der Waals surface area contributed by atoms with Gasteiger partial charge in [0.05, 0.1) is 4.88 Å². The Bertz CT molecular complexity index is 929. The molecule has 0 unspecified atom stereocenters. The van der Waals surface area contributed by atoms with Gasteiger partial charge >= 0.3 is 0 Å². The molecule has 0 atom stereocenters. The smallest absolute Gasteiger partial charge is 0.272 e. The number of amides is 2. The molecule has 2 heterocycles. The van der Waals surface area contributed by atoms with Crippen LogP contribution in [0.5, 0.6) is 0 Å². The number of carbonyl (C=O) groups excluding carboxylic acids is 3. The van der Waals surface area contributed by atoms with E-state index in [9.17, 15) is 14.4 Å². The molecule has 0 spiro atoms. The maximum absolute atomic E-state index is 12.2. The van der Waals surface area contributed by atoms with Crippen molar-refractivity contribution in [3.05, 3.63) is 70.2 Å². The highest BCUT2D eigenvalue weighted by atomic mass is 32.1. The lowest BCUT2D eigenvalue weighted by molar-refractivity contribution is 0.101. The number of aromatic nitrogens is 1. The molecule has 0 fully saturated rings. The molecule has 0 bridgehead atoms. The first-order valence-electron chi connectivity index (χ1n) is 7.48. The van der Waals surface area contributed by atoms with E-state index in [1.165, 1.54) is 30.5 Å². The molecule has 25 heavy (non-hydrogen) atoms. The Labute approximate surface area is 147 Å². The Morgan fingerprint density at radius 1 is 0.960 bits per heavy atom. The number of carbonyl (C=O) groups is 3. The van der Waals surface area contributed by atoms with E-state index in [1.807, 2.05) is 11.4 Å². The fourth-order valence-electron chi connectivity index (χ4n) is 2.20. The standard InChI is InChI=1S/C18H15N3O3S/c1-11(22)12-8-15(19-10-12)17(23)20-13-4-2-5-14(9-13)21-18(24)16-6-3-7-25-16/h2-10,19H,1H3,(H,20,23)(H,21,24). The van der Waals surface area contributed by atoms with E-state index in [2.05, 4.69) is 15.6 Å². The first-order valence-corrected chi connectivity index (χ1v) is 8.36. The summed E-state index contributed by atoms with van der Waals surface area (Å²) in [6, 6.07) is 11.9. The first-order chi connectivity index (χ1) is 12.0. The van der Waals surface area contributed by atoms with Gasteiger partial charge in [-0.3, -0.25) is 14.4 Å². The Hall–Kier alpha value is -3.19. The fourth-order valence-corrected chi connectivity index (χ4v) is 2.82. The average Bonchev–Trinajstić information content (AvgIpc) is 3.27. The second-order valence-electron chi connectivity index (χ2n) is 5.32. The monoisotopic (exact) mass is 353 g/mol. The lowest BCUT2D eigenvalue weighted by atomic mass is 10.2. The van der Waals surface area contributed by atoms with E-state index in [1.54, 1.807) is 30.3 Å². The normalized spacial score (nSPS) is 10.3. The van der Waals surface area contributed by atoms with Crippen molar-refractivity contribution in [2.45, 2.75) is 6.92 Å². The molecule has 2 amide bonds. The van der Waals surface area contributed by atoms with Crippen LogP contribution in [0.15, 0.2) is 54.0 Å². The summed E-state index contributed by atoms with van der Waals surface area (Å²) in [6.45, 7) is 1.44. The molecule has 7 heteroatoms. The number of rotatable bonds is 5. The number of hydrogen-bond acceptors (Lipinski definition) is 4. The van der Waals surface area contributed by atoms with Gasteiger partial charge in [0, 0.05) is 23.1 Å². The van der Waals surface area contributed by atoms with Crippen molar-refractivity contribution in [2.75, 3.05) is 10.6 Å². The van der Waals surface area contributed by atoms with Gasteiger partial charge in [0.15, 0.2) is 5.78 Å². The number of anilines is 2. The predicted molar refractivity (Wildman–Crippen MR) is 97.5 cm³/mol. The summed E-state index contributed by atoms with van der Waals surface area (Å²) in [6.07, 6.45) is 1.49. The predicted octanol–water partition coefficient (Wildman–Crippen LogP) is 3.78. The van der Waals surface area contributed by atoms with E-state index in [0.29, 0.717) is 27.5 Å². The maximum Gasteiger partial charge on any atom is 0.272 e. The zero-order valence-corrected chi connectivity index (χ0v) is 14.1. The molecule has 0 aliphatic rings. The minimum absolute atomic E-state index is 0.117. The van der Waals surface area contributed by atoms with Gasteiger partial charge in [0.1, 0.15) is 5.69 Å². The van der Waals surface area contributed by atoms with Gasteiger partial charge < -0.3 is 15.6 Å². The van der Waals surface area contributed by atoms with E-state index in [0.717, 1.165) is 0 Å². The molecule has 6 nitrogen and oxygen atoms in total. The van der Waals surface area contributed by atoms with Crippen molar-refractivity contribution in [2.24, 2.45) is 0 Å². The molecule has 3 aromatic rings. The number of Topliss-reactive ketones (excluding diaryl/α,β-unsaturated/α-hetero) is 1. The summed E-state index contributed by atoms with van der Waals surface area (Å²) in [5, 5.41) is 7.34. The molecule has 1 aromatic carbocycles. The highest BCUT2D eigenvalue weighted by Crippen LogP contribution is 2.18. The largest absolute Gasteiger partial charge is 0.356 e. The van der Waals surface area contributed by atoms with E-state index >= 15 is 0 Å². The number of aromatic amines is 1. The van der Waals surface area contributed by atoms with E-state index in [-0.39, 0.29) is 17.6 Å². The van der Waals surface area contributed by atoms with E-state index in [4.69, 9.17) is 0 Å². The lowest BCUT2D eigenvalue weighted by Crippen LogP contribution is -2.13. The van der Waals surface area contributed by atoms with Gasteiger partial charge in [-0.15, -0.1) is 11.3 Å². The van der Waals surface area contributed by atoms with Gasteiger partial charge in [0.25, 0.3) is 11.8 Å². The van der Waals surface area contributed by atoms with Crippen LogP contribution in [0, 0.1) is 0 Å². The molecule has 3 N–H and O–H groups in total. The van der Waals surface area contributed by atoms with Gasteiger partial charge in [-0.05, 0) is 42.6 Å². The van der Waals surface area contributed by atoms with Gasteiger partial charge in [-0.2, -0.15) is 0 Å². The van der Waals surface area contributed by atoms with Crippen LogP contribution >= 0.6 is 11.3 Å². The average molecular weight is 353 g/mol.